The molecule has 1 atom stereocenters. The Balaban J connectivity index is 1.61. The number of benzene rings is 3. The van der Waals surface area contributed by atoms with E-state index in [-0.39, 0.29) is 18.2 Å². The van der Waals surface area contributed by atoms with Gasteiger partial charge in [0.1, 0.15) is 12.4 Å². The molecule has 1 aliphatic heterocycles. The second-order valence-corrected chi connectivity index (χ2v) is 9.52. The van der Waals surface area contributed by atoms with Gasteiger partial charge < -0.3 is 19.5 Å². The Hall–Kier alpha value is -3.91. The summed E-state index contributed by atoms with van der Waals surface area (Å²) in [5.41, 5.74) is 4.44. The Bertz CT molecular complexity index is 1510. The quantitative estimate of drug-likeness (QED) is 0.375. The summed E-state index contributed by atoms with van der Waals surface area (Å²) < 4.78 is 31.3. The molecule has 0 unspecified atom stereocenters. The van der Waals surface area contributed by atoms with Crippen molar-refractivity contribution in [3.63, 3.8) is 0 Å². The molecule has 1 N–H and O–H groups in total. The summed E-state index contributed by atoms with van der Waals surface area (Å²) in [7, 11) is 2.80. The van der Waals surface area contributed by atoms with Crippen LogP contribution in [0.4, 0.5) is 4.39 Å². The average molecular weight is 564 g/mol. The molecule has 0 aromatic heterocycles. The van der Waals surface area contributed by atoms with Crippen molar-refractivity contribution in [3.05, 3.63) is 110 Å². The summed E-state index contributed by atoms with van der Waals surface area (Å²) in [5, 5.41) is 3.26. The van der Waals surface area contributed by atoms with Crippen LogP contribution in [0.15, 0.2) is 82.0 Å². The SMILES string of the molecule is COC(=O)C1=C(C)NC2=C(C(=O)c3ccccc32)[C@H]1c1cc(Br)c(OCc2ccccc2F)c(OC)c1. The number of allylic oxidation sites excluding steroid dienone is 2. The second kappa shape index (κ2) is 9.86. The van der Waals surface area contributed by atoms with Crippen molar-refractivity contribution in [2.75, 3.05) is 14.2 Å². The van der Waals surface area contributed by atoms with Gasteiger partial charge in [-0.15, -0.1) is 0 Å². The fourth-order valence-electron chi connectivity index (χ4n) is 4.85. The Kier molecular flexibility index (Phi) is 6.60. The lowest BCUT2D eigenvalue weighted by Crippen LogP contribution is -2.29. The van der Waals surface area contributed by atoms with Crippen molar-refractivity contribution in [1.29, 1.82) is 0 Å². The standard InChI is InChI=1S/C29H23BrFNO5/c1-15-23(29(34)36-3)24(25-26(32-15)18-9-5-6-10-19(18)27(25)33)17-12-20(30)28(22(13-17)35-2)37-14-16-8-4-7-11-21(16)31/h4-13,24,32H,14H2,1-3H3/t24-/m0/s1. The van der Waals surface area contributed by atoms with Crippen molar-refractivity contribution < 1.29 is 28.2 Å². The second-order valence-electron chi connectivity index (χ2n) is 8.67. The Morgan fingerprint density at radius 3 is 2.46 bits per heavy atom. The Morgan fingerprint density at radius 1 is 1.05 bits per heavy atom. The molecule has 3 aromatic carbocycles. The predicted molar refractivity (Wildman–Crippen MR) is 140 cm³/mol. The molecule has 8 heteroatoms. The highest BCUT2D eigenvalue weighted by molar-refractivity contribution is 9.10. The molecule has 188 valence electrons. The molecule has 6 nitrogen and oxygen atoms in total. The minimum absolute atomic E-state index is 0.0101. The van der Waals surface area contributed by atoms with E-state index in [9.17, 15) is 14.0 Å². The van der Waals surface area contributed by atoms with E-state index in [1.54, 1.807) is 43.3 Å². The zero-order valence-electron chi connectivity index (χ0n) is 20.4. The van der Waals surface area contributed by atoms with E-state index in [2.05, 4.69) is 21.2 Å². The predicted octanol–water partition coefficient (Wildman–Crippen LogP) is 5.92. The molecule has 3 aromatic rings. The van der Waals surface area contributed by atoms with Crippen molar-refractivity contribution in [1.82, 2.24) is 5.32 Å². The third-order valence-corrected chi connectivity index (χ3v) is 7.16. The van der Waals surface area contributed by atoms with Gasteiger partial charge in [0.05, 0.1) is 30.0 Å². The van der Waals surface area contributed by atoms with Gasteiger partial charge in [0, 0.05) is 33.9 Å². The average Bonchev–Trinajstić information content (AvgIpc) is 3.18. The van der Waals surface area contributed by atoms with Crippen LogP contribution in [0, 0.1) is 5.82 Å². The number of methoxy groups -OCH3 is 2. The molecule has 0 saturated heterocycles. The minimum atomic E-state index is -0.714. The van der Waals surface area contributed by atoms with Crippen LogP contribution in [-0.4, -0.2) is 26.0 Å². The molecular formula is C29H23BrFNO5. The van der Waals surface area contributed by atoms with E-state index in [0.717, 1.165) is 5.56 Å². The number of dihydropyridines is 1. The van der Waals surface area contributed by atoms with Gasteiger partial charge in [-0.25, -0.2) is 9.18 Å². The number of fused-ring (bicyclic) bond motifs is 2. The number of nitrogens with one attached hydrogen (secondary N) is 1. The molecule has 0 saturated carbocycles. The van der Waals surface area contributed by atoms with E-state index < -0.39 is 11.9 Å². The van der Waals surface area contributed by atoms with Crippen molar-refractivity contribution in [2.24, 2.45) is 0 Å². The first kappa shape index (κ1) is 24.8. The molecule has 5 rings (SSSR count). The summed E-state index contributed by atoms with van der Waals surface area (Å²) >= 11 is 3.56. The number of ether oxygens (including phenoxy) is 3. The summed E-state index contributed by atoms with van der Waals surface area (Å²) in [5.74, 6) is -1.04. The van der Waals surface area contributed by atoms with Gasteiger partial charge in [-0.3, -0.25) is 4.79 Å². The first-order valence-corrected chi connectivity index (χ1v) is 12.3. The highest BCUT2D eigenvalue weighted by Gasteiger charge is 2.43. The van der Waals surface area contributed by atoms with Crippen LogP contribution in [0.2, 0.25) is 0 Å². The summed E-state index contributed by atoms with van der Waals surface area (Å²) in [6, 6.07) is 17.2. The number of esters is 1. The lowest BCUT2D eigenvalue weighted by Gasteiger charge is -2.29. The van der Waals surface area contributed by atoms with Crippen LogP contribution in [0.3, 0.4) is 0 Å². The highest BCUT2D eigenvalue weighted by Crippen LogP contribution is 2.49. The number of hydrogen-bond donors (Lipinski definition) is 1. The fourth-order valence-corrected chi connectivity index (χ4v) is 5.43. The number of hydrogen-bond acceptors (Lipinski definition) is 6. The molecule has 0 fully saturated rings. The smallest absolute Gasteiger partial charge is 0.336 e. The molecule has 0 amide bonds. The van der Waals surface area contributed by atoms with E-state index in [1.807, 2.05) is 18.2 Å². The molecule has 0 bridgehead atoms. The summed E-state index contributed by atoms with van der Waals surface area (Å²) in [4.78, 5) is 26.6. The zero-order valence-corrected chi connectivity index (χ0v) is 21.9. The van der Waals surface area contributed by atoms with Crippen LogP contribution < -0.4 is 14.8 Å². The molecule has 2 aliphatic rings. The van der Waals surface area contributed by atoms with Gasteiger partial charge >= 0.3 is 5.97 Å². The number of Topliss-reactive ketones (excluding diaryl/α,β-unsaturated/α-hetero) is 1. The van der Waals surface area contributed by atoms with Crippen LogP contribution >= 0.6 is 15.9 Å². The number of carbonyl (C=O) groups excluding carboxylic acids is 2. The lowest BCUT2D eigenvalue weighted by molar-refractivity contribution is -0.136. The maximum absolute atomic E-state index is 14.1. The van der Waals surface area contributed by atoms with Crippen LogP contribution in [0.5, 0.6) is 11.5 Å². The highest BCUT2D eigenvalue weighted by atomic mass is 79.9. The van der Waals surface area contributed by atoms with Crippen molar-refractivity contribution >= 4 is 33.4 Å². The molecule has 1 heterocycles. The minimum Gasteiger partial charge on any atom is -0.493 e. The van der Waals surface area contributed by atoms with Crippen LogP contribution in [-0.2, 0) is 16.1 Å². The molecule has 1 aliphatic carbocycles. The van der Waals surface area contributed by atoms with Gasteiger partial charge in [0.2, 0.25) is 0 Å². The normalized spacial score (nSPS) is 16.2. The van der Waals surface area contributed by atoms with Gasteiger partial charge in [0.25, 0.3) is 0 Å². The third-order valence-electron chi connectivity index (χ3n) is 6.57. The maximum atomic E-state index is 14.1. The number of halogens is 2. The fraction of sp³-hybridized carbons (Fsp3) is 0.172. The maximum Gasteiger partial charge on any atom is 0.336 e. The van der Waals surface area contributed by atoms with Gasteiger partial charge in [0.15, 0.2) is 17.3 Å². The first-order chi connectivity index (χ1) is 17.8. The zero-order chi connectivity index (χ0) is 26.3. The Labute approximate surface area is 221 Å². The van der Waals surface area contributed by atoms with Gasteiger partial charge in [-0.05, 0) is 46.6 Å². The largest absolute Gasteiger partial charge is 0.493 e. The van der Waals surface area contributed by atoms with Gasteiger partial charge in [-0.2, -0.15) is 0 Å². The van der Waals surface area contributed by atoms with E-state index in [0.29, 0.717) is 55.2 Å². The van der Waals surface area contributed by atoms with E-state index >= 15 is 0 Å². The van der Waals surface area contributed by atoms with Crippen molar-refractivity contribution in [2.45, 2.75) is 19.4 Å². The van der Waals surface area contributed by atoms with Gasteiger partial charge in [-0.1, -0.05) is 42.5 Å². The molecule has 0 spiro atoms. The van der Waals surface area contributed by atoms with E-state index in [1.165, 1.54) is 20.3 Å². The Morgan fingerprint density at radius 2 is 1.76 bits per heavy atom. The third kappa shape index (κ3) is 4.21. The van der Waals surface area contributed by atoms with Crippen LogP contribution in [0.1, 0.15) is 39.9 Å². The number of carbonyl (C=O) groups is 2. The topological polar surface area (TPSA) is 73.9 Å². The molecule has 37 heavy (non-hydrogen) atoms. The number of rotatable bonds is 6. The van der Waals surface area contributed by atoms with Crippen LogP contribution in [0.25, 0.3) is 5.70 Å². The lowest BCUT2D eigenvalue weighted by atomic mass is 9.79. The first-order valence-electron chi connectivity index (χ1n) is 11.5. The molecular weight excluding hydrogens is 541 g/mol. The summed E-state index contributed by atoms with van der Waals surface area (Å²) in [6.07, 6.45) is 0. The summed E-state index contributed by atoms with van der Waals surface area (Å²) in [6.45, 7) is 1.77. The van der Waals surface area contributed by atoms with Crippen molar-refractivity contribution in [3.8, 4) is 11.5 Å². The monoisotopic (exact) mass is 563 g/mol. The van der Waals surface area contributed by atoms with E-state index in [4.69, 9.17) is 14.2 Å². The molecule has 0 radical (unpaired) electrons. The number of ketones is 1.